The summed E-state index contributed by atoms with van der Waals surface area (Å²) in [5, 5.41) is 8.02. The van der Waals surface area contributed by atoms with Crippen molar-refractivity contribution in [2.45, 2.75) is 44.4 Å². The summed E-state index contributed by atoms with van der Waals surface area (Å²) in [6.07, 6.45) is -9.93. The van der Waals surface area contributed by atoms with Crippen LogP contribution in [0.5, 0.6) is 0 Å². The molecule has 0 bridgehead atoms. The Balaban J connectivity index is 1.80. The maximum Gasteiger partial charge on any atom is 0.435 e. The van der Waals surface area contributed by atoms with Crippen LogP contribution >= 0.6 is 23.2 Å². The quantitative estimate of drug-likeness (QED) is 0.373. The number of halogens is 8. The number of pyridine rings is 1. The molecule has 0 radical (unpaired) electrons. The molecule has 2 aromatic rings. The fraction of sp³-hybridized carbons (Fsp3) is 0.381. The third kappa shape index (κ3) is 6.17. The number of benzene rings is 1. The normalized spacial score (nSPS) is 19.2. The zero-order chi connectivity index (χ0) is 26.2. The fourth-order valence-electron chi connectivity index (χ4n) is 3.40. The first-order valence-electron chi connectivity index (χ1n) is 9.98. The largest absolute Gasteiger partial charge is 0.435 e. The van der Waals surface area contributed by atoms with Gasteiger partial charge in [0.15, 0.2) is 0 Å². The van der Waals surface area contributed by atoms with Gasteiger partial charge in [-0.05, 0) is 43.7 Å². The molecule has 1 aromatic carbocycles. The number of hydrogen-bond donors (Lipinski definition) is 2. The zero-order valence-electron chi connectivity index (χ0n) is 18.1. The van der Waals surface area contributed by atoms with E-state index in [0.717, 1.165) is 18.3 Å². The molecule has 35 heavy (non-hydrogen) atoms. The molecule has 6 nitrogen and oxygen atoms in total. The summed E-state index contributed by atoms with van der Waals surface area (Å²) >= 11 is 11.8. The number of oxime groups is 1. The number of aromatic nitrogens is 1. The second kappa shape index (κ2) is 9.82. The van der Waals surface area contributed by atoms with Crippen LogP contribution in [-0.4, -0.2) is 41.7 Å². The van der Waals surface area contributed by atoms with Gasteiger partial charge in [0.1, 0.15) is 5.69 Å². The van der Waals surface area contributed by atoms with Crippen molar-refractivity contribution in [2.24, 2.45) is 5.16 Å². The van der Waals surface area contributed by atoms with Crippen molar-refractivity contribution in [1.29, 1.82) is 0 Å². The highest BCUT2D eigenvalue weighted by molar-refractivity contribution is 6.34. The molecular weight excluding hydrogens is 525 g/mol. The molecule has 3 rings (SSSR count). The van der Waals surface area contributed by atoms with E-state index in [1.54, 1.807) is 0 Å². The molecule has 1 aliphatic heterocycles. The Morgan fingerprint density at radius 2 is 1.77 bits per heavy atom. The van der Waals surface area contributed by atoms with Crippen LogP contribution in [0.4, 0.5) is 26.3 Å². The molecule has 0 aliphatic carbocycles. The van der Waals surface area contributed by atoms with E-state index >= 15 is 0 Å². The molecule has 0 saturated carbocycles. The fourth-order valence-corrected chi connectivity index (χ4v) is 3.93. The van der Waals surface area contributed by atoms with Gasteiger partial charge in [-0.3, -0.25) is 15.1 Å². The molecule has 0 saturated heterocycles. The lowest BCUT2D eigenvalue weighted by Crippen LogP contribution is -2.46. The molecule has 14 heteroatoms. The van der Waals surface area contributed by atoms with E-state index in [-0.39, 0.29) is 38.1 Å². The number of aryl methyl sites for hydroxylation is 1. The Bertz CT molecular complexity index is 1140. The molecular formula is C21H18Cl2F6N4O2. The third-order valence-corrected chi connectivity index (χ3v) is 5.53. The van der Waals surface area contributed by atoms with Crippen LogP contribution < -0.4 is 10.6 Å². The van der Waals surface area contributed by atoms with Gasteiger partial charge < -0.3 is 10.2 Å². The van der Waals surface area contributed by atoms with E-state index in [2.05, 4.69) is 20.8 Å². The predicted molar refractivity (Wildman–Crippen MR) is 116 cm³/mol. The van der Waals surface area contributed by atoms with Crippen molar-refractivity contribution in [3.05, 3.63) is 62.9 Å². The second-order valence-electron chi connectivity index (χ2n) is 7.87. The monoisotopic (exact) mass is 542 g/mol. The summed E-state index contributed by atoms with van der Waals surface area (Å²) in [6, 6.07) is 4.84. The van der Waals surface area contributed by atoms with E-state index in [4.69, 9.17) is 28.0 Å². The second-order valence-corrected chi connectivity index (χ2v) is 8.74. The van der Waals surface area contributed by atoms with Crippen LogP contribution in [0.15, 0.2) is 35.6 Å². The van der Waals surface area contributed by atoms with Gasteiger partial charge in [-0.2, -0.15) is 26.3 Å². The highest BCUT2D eigenvalue weighted by Gasteiger charge is 2.62. The van der Waals surface area contributed by atoms with Crippen LogP contribution in [0.1, 0.15) is 40.5 Å². The van der Waals surface area contributed by atoms with Gasteiger partial charge in [-0.1, -0.05) is 28.4 Å². The highest BCUT2D eigenvalue weighted by Crippen LogP contribution is 2.49. The average Bonchev–Trinajstić information content (AvgIpc) is 3.18. The Morgan fingerprint density at radius 1 is 1.14 bits per heavy atom. The molecule has 2 unspecified atom stereocenters. The van der Waals surface area contributed by atoms with E-state index < -0.39 is 43.0 Å². The first-order valence-corrected chi connectivity index (χ1v) is 10.7. The number of nitrogens with one attached hydrogen (secondary N) is 2. The van der Waals surface area contributed by atoms with Crippen LogP contribution in [0.2, 0.25) is 10.0 Å². The topological polar surface area (TPSA) is 75.6 Å². The average molecular weight is 543 g/mol. The SMILES string of the molecule is Cc1cc(C2=NOC(c3cc(Cl)cc(Cl)c3)(C(F)(F)F)C2)cnc1C(=O)NC(C)NCC(F)(F)F. The van der Waals surface area contributed by atoms with Crippen molar-refractivity contribution in [3.8, 4) is 0 Å². The first-order chi connectivity index (χ1) is 16.1. The maximum atomic E-state index is 14.1. The van der Waals surface area contributed by atoms with E-state index in [1.165, 1.54) is 26.0 Å². The Labute approximate surface area is 205 Å². The Kier molecular flexibility index (Phi) is 7.59. The molecule has 0 fully saturated rings. The number of rotatable bonds is 6. The molecule has 2 N–H and O–H groups in total. The van der Waals surface area contributed by atoms with Crippen LogP contribution in [0, 0.1) is 6.92 Å². The standard InChI is InChI=1S/C21H18Cl2F6N4O2/c1-10-3-12(8-30-17(10)18(34)32-11(2)31-9-20(24,25)26)16-7-19(35-33-16,21(27,28)29)13-4-14(22)6-15(23)5-13/h3-6,8,11,31H,7,9H2,1-2H3,(H,32,34). The molecule has 0 spiro atoms. The number of alkyl halides is 6. The number of amides is 1. The molecule has 2 atom stereocenters. The van der Waals surface area contributed by atoms with Crippen molar-refractivity contribution >= 4 is 34.8 Å². The minimum absolute atomic E-state index is 0.0139. The smallest absolute Gasteiger partial charge is 0.374 e. The first kappa shape index (κ1) is 27.0. The van der Waals surface area contributed by atoms with Gasteiger partial charge in [0, 0.05) is 27.4 Å². The number of carbonyl (C=O) groups is 1. The zero-order valence-corrected chi connectivity index (χ0v) is 19.6. The Hall–Kier alpha value is -2.57. The Morgan fingerprint density at radius 3 is 2.31 bits per heavy atom. The minimum Gasteiger partial charge on any atom is -0.374 e. The van der Waals surface area contributed by atoms with Gasteiger partial charge in [0.05, 0.1) is 24.8 Å². The van der Waals surface area contributed by atoms with Gasteiger partial charge in [-0.25, -0.2) is 0 Å². The van der Waals surface area contributed by atoms with Crippen LogP contribution in [-0.2, 0) is 10.4 Å². The van der Waals surface area contributed by atoms with Gasteiger partial charge in [-0.15, -0.1) is 0 Å². The summed E-state index contributed by atoms with van der Waals surface area (Å²) in [5.74, 6) is -0.765. The van der Waals surface area contributed by atoms with Crippen LogP contribution in [0.3, 0.4) is 0 Å². The highest BCUT2D eigenvalue weighted by atomic mass is 35.5. The summed E-state index contributed by atoms with van der Waals surface area (Å²) in [5.41, 5.74) is -2.93. The van der Waals surface area contributed by atoms with Crippen molar-refractivity contribution in [2.75, 3.05) is 6.54 Å². The third-order valence-electron chi connectivity index (χ3n) is 5.10. The maximum absolute atomic E-state index is 14.1. The lowest BCUT2D eigenvalue weighted by molar-refractivity contribution is -0.275. The van der Waals surface area contributed by atoms with E-state index in [9.17, 15) is 31.1 Å². The molecule has 1 amide bonds. The van der Waals surface area contributed by atoms with Gasteiger partial charge in [0.25, 0.3) is 11.5 Å². The summed E-state index contributed by atoms with van der Waals surface area (Å²) in [6.45, 7) is 1.48. The lowest BCUT2D eigenvalue weighted by atomic mass is 9.86. The van der Waals surface area contributed by atoms with Crippen LogP contribution in [0.25, 0.3) is 0 Å². The molecule has 1 aromatic heterocycles. The summed E-state index contributed by atoms with van der Waals surface area (Å²) < 4.78 is 79.3. The van der Waals surface area contributed by atoms with Crippen molar-refractivity contribution in [1.82, 2.24) is 15.6 Å². The van der Waals surface area contributed by atoms with Gasteiger partial charge in [0.2, 0.25) is 0 Å². The van der Waals surface area contributed by atoms with E-state index in [1.807, 2.05) is 0 Å². The van der Waals surface area contributed by atoms with Crippen molar-refractivity contribution in [3.63, 3.8) is 0 Å². The lowest BCUT2D eigenvalue weighted by Gasteiger charge is -2.29. The number of nitrogens with zero attached hydrogens (tertiary/aromatic N) is 2. The predicted octanol–water partition coefficient (Wildman–Crippen LogP) is 5.51. The molecule has 2 heterocycles. The summed E-state index contributed by atoms with van der Waals surface area (Å²) in [7, 11) is 0. The van der Waals surface area contributed by atoms with Gasteiger partial charge >= 0.3 is 12.4 Å². The van der Waals surface area contributed by atoms with E-state index in [0.29, 0.717) is 0 Å². The number of hydrogen-bond acceptors (Lipinski definition) is 5. The minimum atomic E-state index is -4.88. The molecule has 190 valence electrons. The van der Waals surface area contributed by atoms with Crippen molar-refractivity contribution < 1.29 is 36.0 Å². The molecule has 1 aliphatic rings. The summed E-state index contributed by atoms with van der Waals surface area (Å²) in [4.78, 5) is 21.3. The number of carbonyl (C=O) groups excluding carboxylic acids is 1.